The van der Waals surface area contributed by atoms with Gasteiger partial charge in [-0.15, -0.1) is 0 Å². The molecule has 0 saturated carbocycles. The normalized spacial score (nSPS) is 10.1. The van der Waals surface area contributed by atoms with Gasteiger partial charge < -0.3 is 21.5 Å². The maximum Gasteiger partial charge on any atom is 0.259 e. The number of rotatable bonds is 5. The lowest BCUT2D eigenvalue weighted by molar-refractivity contribution is -0.118. The summed E-state index contributed by atoms with van der Waals surface area (Å²) in [6, 6.07) is 4.73. The van der Waals surface area contributed by atoms with Crippen molar-refractivity contribution >= 4 is 23.2 Å². The molecule has 0 aliphatic heterocycles. The highest BCUT2D eigenvalue weighted by atomic mass is 16.5. The van der Waals surface area contributed by atoms with Crippen LogP contribution in [-0.4, -0.2) is 28.7 Å². The summed E-state index contributed by atoms with van der Waals surface area (Å²) in [5.41, 5.74) is 12.0. The molecule has 2 aromatic rings. The van der Waals surface area contributed by atoms with E-state index in [9.17, 15) is 9.59 Å². The Bertz CT molecular complexity index is 680. The summed E-state index contributed by atoms with van der Waals surface area (Å²) in [6.07, 6.45) is 2.93. The van der Waals surface area contributed by atoms with Gasteiger partial charge in [-0.3, -0.25) is 14.3 Å². The first kappa shape index (κ1) is 14.4. The summed E-state index contributed by atoms with van der Waals surface area (Å²) < 4.78 is 6.45. The highest BCUT2D eigenvalue weighted by Gasteiger charge is 2.13. The quantitative estimate of drug-likeness (QED) is 0.678. The van der Waals surface area contributed by atoms with Crippen molar-refractivity contribution < 1.29 is 14.3 Å². The molecule has 8 heteroatoms. The monoisotopic (exact) mass is 289 g/mol. The molecule has 8 nitrogen and oxygen atoms in total. The number of nitrogens with zero attached hydrogens (tertiary/aromatic N) is 2. The minimum absolute atomic E-state index is 0.0545. The molecule has 2 amide bonds. The summed E-state index contributed by atoms with van der Waals surface area (Å²) in [7, 11) is 1.45. The molecule has 1 aromatic heterocycles. The average molecular weight is 289 g/mol. The number of hydrogen-bond donors (Lipinski definition) is 3. The second kappa shape index (κ2) is 5.95. The summed E-state index contributed by atoms with van der Waals surface area (Å²) in [5, 5.41) is 6.56. The zero-order chi connectivity index (χ0) is 15.4. The van der Waals surface area contributed by atoms with Gasteiger partial charge in [0, 0.05) is 18.0 Å². The van der Waals surface area contributed by atoms with Crippen molar-refractivity contribution in [3.63, 3.8) is 0 Å². The van der Waals surface area contributed by atoms with E-state index in [1.54, 1.807) is 18.2 Å². The van der Waals surface area contributed by atoms with Crippen LogP contribution in [0.25, 0.3) is 0 Å². The number of primary amides is 1. The highest BCUT2D eigenvalue weighted by Crippen LogP contribution is 2.22. The van der Waals surface area contributed by atoms with Gasteiger partial charge in [-0.25, -0.2) is 0 Å². The molecule has 110 valence electrons. The van der Waals surface area contributed by atoms with Crippen LogP contribution >= 0.6 is 0 Å². The van der Waals surface area contributed by atoms with Gasteiger partial charge in [0.15, 0.2) is 0 Å². The first-order chi connectivity index (χ1) is 9.99. The zero-order valence-corrected chi connectivity index (χ0v) is 11.4. The fraction of sp³-hybridized carbons (Fsp3) is 0.154. The van der Waals surface area contributed by atoms with Crippen molar-refractivity contribution in [2.24, 2.45) is 5.73 Å². The molecule has 0 bridgehead atoms. The minimum atomic E-state index is -0.517. The van der Waals surface area contributed by atoms with E-state index in [-0.39, 0.29) is 12.5 Å². The number of hydrogen-bond acceptors (Lipinski definition) is 5. The van der Waals surface area contributed by atoms with Crippen LogP contribution in [-0.2, 0) is 11.3 Å². The molecular formula is C13H15N5O3. The fourth-order valence-electron chi connectivity index (χ4n) is 1.77. The van der Waals surface area contributed by atoms with E-state index in [2.05, 4.69) is 10.4 Å². The molecule has 0 spiro atoms. The molecule has 0 unspecified atom stereocenters. The van der Waals surface area contributed by atoms with Gasteiger partial charge >= 0.3 is 0 Å². The Balaban J connectivity index is 2.14. The Morgan fingerprint density at radius 3 is 2.86 bits per heavy atom. The molecule has 0 radical (unpaired) electrons. The van der Waals surface area contributed by atoms with Gasteiger partial charge in [-0.1, -0.05) is 0 Å². The zero-order valence-electron chi connectivity index (χ0n) is 11.4. The number of carbonyl (C=O) groups excluding carboxylic acids is 2. The molecule has 0 aliphatic rings. The van der Waals surface area contributed by atoms with Crippen molar-refractivity contribution in [1.29, 1.82) is 0 Å². The Morgan fingerprint density at radius 2 is 2.19 bits per heavy atom. The van der Waals surface area contributed by atoms with Gasteiger partial charge in [-0.2, -0.15) is 5.10 Å². The van der Waals surface area contributed by atoms with Gasteiger partial charge in [0.05, 0.1) is 24.6 Å². The largest absolute Gasteiger partial charge is 0.496 e. The van der Waals surface area contributed by atoms with Crippen molar-refractivity contribution in [3.05, 3.63) is 36.2 Å². The summed E-state index contributed by atoms with van der Waals surface area (Å²) in [4.78, 5) is 23.0. The third kappa shape index (κ3) is 3.50. The molecule has 5 N–H and O–H groups in total. The molecule has 1 aromatic carbocycles. The Morgan fingerprint density at radius 1 is 1.43 bits per heavy atom. The lowest BCUT2D eigenvalue weighted by Gasteiger charge is -2.08. The van der Waals surface area contributed by atoms with Crippen LogP contribution in [0.1, 0.15) is 10.4 Å². The molecule has 0 fully saturated rings. The standard InChI is InChI=1S/C13H15N5O3/c1-21-11-4-8(14)2-3-10(11)13(20)17-9-5-16-18(6-9)7-12(15)19/h2-6H,7,14H2,1H3,(H2,15,19)(H,17,20). The van der Waals surface area contributed by atoms with Gasteiger partial charge in [0.1, 0.15) is 12.3 Å². The molecule has 21 heavy (non-hydrogen) atoms. The maximum absolute atomic E-state index is 12.2. The number of carbonyl (C=O) groups is 2. The Hall–Kier alpha value is -3.03. The van der Waals surface area contributed by atoms with E-state index < -0.39 is 5.91 Å². The van der Waals surface area contributed by atoms with E-state index in [4.69, 9.17) is 16.2 Å². The van der Waals surface area contributed by atoms with E-state index in [0.29, 0.717) is 22.7 Å². The first-order valence-corrected chi connectivity index (χ1v) is 6.05. The van der Waals surface area contributed by atoms with Crippen LogP contribution in [0.5, 0.6) is 5.75 Å². The fourth-order valence-corrected chi connectivity index (χ4v) is 1.77. The van der Waals surface area contributed by atoms with Crippen LogP contribution in [0.15, 0.2) is 30.6 Å². The second-order valence-corrected chi connectivity index (χ2v) is 4.31. The number of benzene rings is 1. The van der Waals surface area contributed by atoms with Crippen molar-refractivity contribution in [2.45, 2.75) is 6.54 Å². The number of amides is 2. The predicted octanol–water partition coefficient (Wildman–Crippen LogP) is 0.212. The molecule has 0 atom stereocenters. The van der Waals surface area contributed by atoms with Crippen molar-refractivity contribution in [1.82, 2.24) is 9.78 Å². The molecule has 1 heterocycles. The highest BCUT2D eigenvalue weighted by molar-refractivity contribution is 6.06. The van der Waals surface area contributed by atoms with Crippen molar-refractivity contribution in [2.75, 3.05) is 18.2 Å². The lowest BCUT2D eigenvalue weighted by Crippen LogP contribution is -2.18. The number of aromatic nitrogens is 2. The number of ether oxygens (including phenoxy) is 1. The van der Waals surface area contributed by atoms with Gasteiger partial charge in [0.25, 0.3) is 5.91 Å². The second-order valence-electron chi connectivity index (χ2n) is 4.31. The number of nitrogen functional groups attached to an aromatic ring is 1. The Kier molecular flexibility index (Phi) is 4.07. The smallest absolute Gasteiger partial charge is 0.259 e. The van der Waals surface area contributed by atoms with E-state index >= 15 is 0 Å². The summed E-state index contributed by atoms with van der Waals surface area (Å²) in [5.74, 6) is -0.515. The van der Waals surface area contributed by atoms with Crippen LogP contribution in [0.3, 0.4) is 0 Å². The summed E-state index contributed by atoms with van der Waals surface area (Å²) in [6.45, 7) is -0.0545. The maximum atomic E-state index is 12.2. The third-order valence-electron chi connectivity index (χ3n) is 2.68. The first-order valence-electron chi connectivity index (χ1n) is 6.05. The van der Waals surface area contributed by atoms with Gasteiger partial charge in [-0.05, 0) is 12.1 Å². The topological polar surface area (TPSA) is 125 Å². The number of nitrogens with two attached hydrogens (primary N) is 2. The number of anilines is 2. The SMILES string of the molecule is COc1cc(N)ccc1C(=O)Nc1cnn(CC(N)=O)c1. The summed E-state index contributed by atoms with van der Waals surface area (Å²) >= 11 is 0. The predicted molar refractivity (Wildman–Crippen MR) is 76.8 cm³/mol. The van der Waals surface area contributed by atoms with Gasteiger partial charge in [0.2, 0.25) is 5.91 Å². The van der Waals surface area contributed by atoms with Crippen LogP contribution in [0.4, 0.5) is 11.4 Å². The molecule has 0 saturated heterocycles. The minimum Gasteiger partial charge on any atom is -0.496 e. The molecule has 2 rings (SSSR count). The van der Waals surface area contributed by atoms with E-state index in [1.165, 1.54) is 24.2 Å². The third-order valence-corrected chi connectivity index (χ3v) is 2.68. The van der Waals surface area contributed by atoms with E-state index in [1.807, 2.05) is 0 Å². The van der Waals surface area contributed by atoms with Crippen LogP contribution in [0.2, 0.25) is 0 Å². The van der Waals surface area contributed by atoms with Crippen LogP contribution in [0, 0.1) is 0 Å². The van der Waals surface area contributed by atoms with Crippen LogP contribution < -0.4 is 21.5 Å². The van der Waals surface area contributed by atoms with E-state index in [0.717, 1.165) is 0 Å². The average Bonchev–Trinajstić information content (AvgIpc) is 2.84. The molecule has 0 aliphatic carbocycles. The lowest BCUT2D eigenvalue weighted by atomic mass is 10.1. The molecular weight excluding hydrogens is 274 g/mol. The number of methoxy groups -OCH3 is 1. The number of nitrogens with one attached hydrogen (secondary N) is 1. The Labute approximate surface area is 120 Å². The van der Waals surface area contributed by atoms with Crippen molar-refractivity contribution in [3.8, 4) is 5.75 Å².